The lowest BCUT2D eigenvalue weighted by molar-refractivity contribution is 0.669. The minimum Gasteiger partial charge on any atom is -0.456 e. The molecule has 0 spiro atoms. The lowest BCUT2D eigenvalue weighted by atomic mass is 9.93. The first-order chi connectivity index (χ1) is 60.9. The van der Waals surface area contributed by atoms with Gasteiger partial charge in [0.25, 0.3) is 0 Å². The fourth-order valence-electron chi connectivity index (χ4n) is 17.2. The van der Waals surface area contributed by atoms with E-state index in [1.807, 2.05) is 199 Å². The van der Waals surface area contributed by atoms with E-state index in [0.29, 0.717) is 52.4 Å². The molecule has 0 unspecified atom stereocenters. The maximum atomic E-state index is 6.20. The van der Waals surface area contributed by atoms with E-state index in [0.717, 1.165) is 72.0 Å². The molecule has 10 nitrogen and oxygen atoms in total. The summed E-state index contributed by atoms with van der Waals surface area (Å²) in [7, 11) is 0. The third-order valence-corrected chi connectivity index (χ3v) is 25.6. The standard InChI is InChI=1S/C39H23N3O.C37H23N3S.C35H21N3S/c1-2-10-24(11-3-1)37-40-38(42-39(41-37)26-19-21-33-32-16-8-9-17-35(32)43-36(33)23-26)25-18-20-31-29-14-5-4-12-27(29)28-13-6-7-15-30(28)34(31)22-25;1-3-10-26(11-4-1)35-38-36(27-12-5-2-6-13-27)40-37(39-35)28-20-18-24(19-21-28)29-16-9-14-25-22-23-31-30-15-7-8-17-32(30)41-34(31)33(25)29;1-3-9-22(10-4-1)33-36-34(23-11-5-2-6-12-23)38-35(37-33)25-16-17-26-24(21-25)15-18-29-27(26)19-20-30-28-13-7-8-14-31(28)39-32(29)30/h1-23H;1-23H;1-21H. The summed E-state index contributed by atoms with van der Waals surface area (Å²) in [5.41, 5.74) is 12.6. The Morgan fingerprint density at radius 2 is 0.463 bits per heavy atom. The Labute approximate surface area is 713 Å². The normalized spacial score (nSPS) is 11.6. The molecule has 0 saturated heterocycles. The van der Waals surface area contributed by atoms with Gasteiger partial charge in [0.2, 0.25) is 0 Å². The Kier molecular flexibility index (Phi) is 18.1. The van der Waals surface area contributed by atoms with Gasteiger partial charge in [-0.3, -0.25) is 0 Å². The van der Waals surface area contributed by atoms with Crippen molar-refractivity contribution in [3.05, 3.63) is 406 Å². The first-order valence-electron chi connectivity index (χ1n) is 41.0. The minimum absolute atomic E-state index is 0.606. The zero-order valence-electron chi connectivity index (χ0n) is 65.9. The van der Waals surface area contributed by atoms with Gasteiger partial charge in [0.15, 0.2) is 52.4 Å². The van der Waals surface area contributed by atoms with Crippen LogP contribution >= 0.6 is 22.7 Å². The van der Waals surface area contributed by atoms with E-state index in [2.05, 4.69) is 231 Å². The first-order valence-corrected chi connectivity index (χ1v) is 42.6. The fraction of sp³-hybridized carbons (Fsp3) is 0. The third-order valence-electron chi connectivity index (χ3n) is 23.2. The van der Waals surface area contributed by atoms with Crippen LogP contribution in [0, 0.1) is 0 Å². The fourth-order valence-corrected chi connectivity index (χ4v) is 19.7. The quantitative estimate of drug-likeness (QED) is 0.122. The molecule has 0 atom stereocenters. The first kappa shape index (κ1) is 72.3. The highest BCUT2D eigenvalue weighted by Crippen LogP contribution is 2.46. The highest BCUT2D eigenvalue weighted by molar-refractivity contribution is 7.27. The smallest absolute Gasteiger partial charge is 0.164 e. The zero-order chi connectivity index (χ0) is 81.3. The second-order valence-electron chi connectivity index (χ2n) is 30.6. The molecular weight excluding hydrogens is 1540 g/mol. The number of fused-ring (bicyclic) bond motifs is 21. The van der Waals surface area contributed by atoms with E-state index in [1.54, 1.807) is 0 Å². The van der Waals surface area contributed by atoms with Crippen LogP contribution in [0.5, 0.6) is 0 Å². The number of hydrogen-bond acceptors (Lipinski definition) is 12. The van der Waals surface area contributed by atoms with Crippen LogP contribution in [0.15, 0.2) is 411 Å². The van der Waals surface area contributed by atoms with Gasteiger partial charge in [0.05, 0.1) is 0 Å². The van der Waals surface area contributed by atoms with E-state index in [4.69, 9.17) is 49.3 Å². The molecule has 6 aromatic heterocycles. The largest absolute Gasteiger partial charge is 0.456 e. The number of hydrogen-bond donors (Lipinski definition) is 0. The van der Waals surface area contributed by atoms with Crippen molar-refractivity contribution in [2.45, 2.75) is 0 Å². The van der Waals surface area contributed by atoms with Crippen molar-refractivity contribution in [1.82, 2.24) is 44.9 Å². The topological polar surface area (TPSA) is 129 Å². The monoisotopic (exact) mass is 1610 g/mol. The molecule has 0 fully saturated rings. The molecule has 12 heteroatoms. The molecule has 0 N–H and O–H groups in total. The number of nitrogens with zero attached hydrogens (tertiary/aromatic N) is 9. The molecule has 0 aliphatic heterocycles. The van der Waals surface area contributed by atoms with Crippen molar-refractivity contribution in [2.75, 3.05) is 0 Å². The highest BCUT2D eigenvalue weighted by atomic mass is 32.1. The Bertz CT molecular complexity index is 8290. The Morgan fingerprint density at radius 3 is 0.959 bits per heavy atom. The van der Waals surface area contributed by atoms with Crippen molar-refractivity contribution in [1.29, 1.82) is 0 Å². The summed E-state index contributed by atoms with van der Waals surface area (Å²) in [6.07, 6.45) is 0. The van der Waals surface area contributed by atoms with Gasteiger partial charge in [-0.25, -0.2) is 44.9 Å². The predicted molar refractivity (Wildman–Crippen MR) is 512 cm³/mol. The van der Waals surface area contributed by atoms with Crippen molar-refractivity contribution >= 4 is 150 Å². The maximum absolute atomic E-state index is 6.20. The van der Waals surface area contributed by atoms with Crippen LogP contribution in [0.2, 0.25) is 0 Å². The van der Waals surface area contributed by atoms with Crippen LogP contribution in [0.4, 0.5) is 0 Å². The highest BCUT2D eigenvalue weighted by Gasteiger charge is 2.22. The Hall–Kier alpha value is -16.0. The Morgan fingerprint density at radius 1 is 0.163 bits per heavy atom. The number of furan rings is 1. The van der Waals surface area contributed by atoms with Crippen LogP contribution in [-0.2, 0) is 0 Å². The number of rotatable bonds is 10. The third kappa shape index (κ3) is 13.4. The van der Waals surface area contributed by atoms with Crippen LogP contribution in [-0.4, -0.2) is 44.9 Å². The van der Waals surface area contributed by atoms with Gasteiger partial charge in [0.1, 0.15) is 11.2 Å². The summed E-state index contributed by atoms with van der Waals surface area (Å²) in [6, 6.07) is 141. The van der Waals surface area contributed by atoms with Gasteiger partial charge < -0.3 is 4.42 Å². The van der Waals surface area contributed by atoms with Crippen molar-refractivity contribution < 1.29 is 4.42 Å². The van der Waals surface area contributed by atoms with E-state index in [-0.39, 0.29) is 0 Å². The molecule has 25 aromatic rings. The van der Waals surface area contributed by atoms with E-state index in [9.17, 15) is 0 Å². The van der Waals surface area contributed by atoms with Gasteiger partial charge in [0, 0.05) is 112 Å². The molecule has 19 aromatic carbocycles. The lowest BCUT2D eigenvalue weighted by Crippen LogP contribution is -2.00. The van der Waals surface area contributed by atoms with Gasteiger partial charge in [-0.2, -0.15) is 0 Å². The summed E-state index contributed by atoms with van der Waals surface area (Å²) in [5.74, 6) is 5.88. The molecule has 0 bridgehead atoms. The molecule has 123 heavy (non-hydrogen) atoms. The van der Waals surface area contributed by atoms with Crippen LogP contribution in [0.25, 0.3) is 241 Å². The average Bonchev–Trinajstić information content (AvgIpc) is 1.67. The minimum atomic E-state index is 0.606. The van der Waals surface area contributed by atoms with Crippen molar-refractivity contribution in [2.24, 2.45) is 0 Å². The van der Waals surface area contributed by atoms with E-state index >= 15 is 0 Å². The number of para-hydroxylation sites is 1. The summed E-state index contributed by atoms with van der Waals surface area (Å²) < 4.78 is 11.5. The molecule has 0 radical (unpaired) electrons. The molecule has 574 valence electrons. The predicted octanol–water partition coefficient (Wildman–Crippen LogP) is 29.8. The summed E-state index contributed by atoms with van der Waals surface area (Å²) in [5, 5.41) is 22.3. The summed E-state index contributed by atoms with van der Waals surface area (Å²) in [4.78, 5) is 44.3. The zero-order valence-corrected chi connectivity index (χ0v) is 67.6. The second kappa shape index (κ2) is 30.7. The number of benzene rings is 19. The molecule has 0 aliphatic rings. The van der Waals surface area contributed by atoms with Crippen molar-refractivity contribution in [3.63, 3.8) is 0 Å². The Balaban J connectivity index is 0.000000107. The molecule has 6 heterocycles. The summed E-state index contributed by atoms with van der Waals surface area (Å²) in [6.45, 7) is 0. The molecule has 25 rings (SSSR count). The maximum Gasteiger partial charge on any atom is 0.164 e. The van der Waals surface area contributed by atoms with Crippen LogP contribution in [0.3, 0.4) is 0 Å². The van der Waals surface area contributed by atoms with Gasteiger partial charge in [-0.15, -0.1) is 22.7 Å². The van der Waals surface area contributed by atoms with Gasteiger partial charge in [-0.1, -0.05) is 364 Å². The van der Waals surface area contributed by atoms with Crippen LogP contribution < -0.4 is 0 Å². The molecule has 0 aliphatic carbocycles. The molecule has 0 amide bonds. The van der Waals surface area contributed by atoms with Gasteiger partial charge >= 0.3 is 0 Å². The van der Waals surface area contributed by atoms with Crippen LogP contribution in [0.1, 0.15) is 0 Å². The number of thiophene rings is 2. The van der Waals surface area contributed by atoms with E-state index in [1.165, 1.54) is 116 Å². The van der Waals surface area contributed by atoms with E-state index < -0.39 is 0 Å². The van der Waals surface area contributed by atoms with Gasteiger partial charge in [-0.05, 0) is 107 Å². The summed E-state index contributed by atoms with van der Waals surface area (Å²) >= 11 is 3.74. The number of aromatic nitrogens is 9. The lowest BCUT2D eigenvalue weighted by Gasteiger charge is -2.12. The SMILES string of the molecule is c1ccc(-c2nc(-c3ccc4c(c3)oc3ccccc34)nc(-c3ccc4c5ccccc5c5ccccc5c4c3)n2)cc1.c1ccc(-c2nc(-c3ccccc3)nc(-c3ccc(-c4cccc5ccc6c7ccccc7sc6c45)cc3)n2)cc1.c1ccc(-c2nc(-c3ccccc3)nc(-c3ccc4c(ccc5c4ccc4c6ccccc6sc45)c3)n2)cc1. The second-order valence-corrected chi connectivity index (χ2v) is 32.7. The molecular formula is C111H67N9OS2. The van der Waals surface area contributed by atoms with Crippen molar-refractivity contribution in [3.8, 4) is 114 Å². The average molecular weight is 1610 g/mol. The molecule has 0 saturated carbocycles.